The minimum Gasteiger partial charge on any atom is -0.463 e. The lowest BCUT2D eigenvalue weighted by Crippen LogP contribution is -2.33. The molecule has 1 N–H and O–H groups in total. The first-order valence-electron chi connectivity index (χ1n) is 8.70. The van der Waals surface area contributed by atoms with Gasteiger partial charge in [0.2, 0.25) is 5.91 Å². The number of nitro benzene ring substituents is 1. The van der Waals surface area contributed by atoms with Crippen molar-refractivity contribution in [3.05, 3.63) is 39.9 Å². The summed E-state index contributed by atoms with van der Waals surface area (Å²) in [6, 6.07) is 5.23. The van der Waals surface area contributed by atoms with E-state index in [1.165, 1.54) is 12.1 Å². The normalized spacial score (nSPS) is 17.7. The van der Waals surface area contributed by atoms with E-state index >= 15 is 0 Å². The lowest BCUT2D eigenvalue weighted by Gasteiger charge is -2.20. The van der Waals surface area contributed by atoms with Crippen molar-refractivity contribution in [2.75, 3.05) is 6.61 Å². The Morgan fingerprint density at radius 2 is 2.12 bits per heavy atom. The maximum atomic E-state index is 12.4. The Hall–Kier alpha value is -2.48. The van der Waals surface area contributed by atoms with Gasteiger partial charge in [-0.3, -0.25) is 19.7 Å². The summed E-state index contributed by atoms with van der Waals surface area (Å²) in [6.45, 7) is 4.06. The zero-order chi connectivity index (χ0) is 19.1. The van der Waals surface area contributed by atoms with Crippen LogP contribution in [-0.4, -0.2) is 35.6 Å². The third kappa shape index (κ3) is 5.80. The molecular formula is C18H24N2O6. The van der Waals surface area contributed by atoms with Gasteiger partial charge in [0.25, 0.3) is 5.69 Å². The Kier molecular flexibility index (Phi) is 7.08. The molecule has 8 heteroatoms. The smallest absolute Gasteiger partial charge is 0.308 e. The van der Waals surface area contributed by atoms with E-state index in [1.807, 2.05) is 0 Å². The molecule has 1 aromatic rings. The van der Waals surface area contributed by atoms with E-state index in [1.54, 1.807) is 26.0 Å². The van der Waals surface area contributed by atoms with E-state index in [9.17, 15) is 19.7 Å². The van der Waals surface area contributed by atoms with Gasteiger partial charge in [-0.1, -0.05) is 18.2 Å². The van der Waals surface area contributed by atoms with Crippen LogP contribution in [0.1, 0.15) is 51.1 Å². The first-order chi connectivity index (χ1) is 12.4. The molecule has 1 fully saturated rings. The molecule has 1 aromatic carbocycles. The number of hydrogen-bond donors (Lipinski definition) is 1. The fourth-order valence-corrected chi connectivity index (χ4v) is 2.93. The third-order valence-electron chi connectivity index (χ3n) is 4.02. The predicted octanol–water partition coefficient (Wildman–Crippen LogP) is 2.66. The molecule has 1 aliphatic rings. The Labute approximate surface area is 152 Å². The first kappa shape index (κ1) is 19.8. The summed E-state index contributed by atoms with van der Waals surface area (Å²) in [7, 11) is 0. The van der Waals surface area contributed by atoms with Gasteiger partial charge in [-0.15, -0.1) is 0 Å². The maximum Gasteiger partial charge on any atom is 0.308 e. The van der Waals surface area contributed by atoms with E-state index in [4.69, 9.17) is 9.47 Å². The highest BCUT2D eigenvalue weighted by Gasteiger charge is 2.28. The molecule has 142 valence electrons. The van der Waals surface area contributed by atoms with Gasteiger partial charge in [-0.2, -0.15) is 0 Å². The molecule has 2 atom stereocenters. The summed E-state index contributed by atoms with van der Waals surface area (Å²) in [6.07, 6.45) is 1.24. The highest BCUT2D eigenvalue weighted by atomic mass is 16.6. The summed E-state index contributed by atoms with van der Waals surface area (Å²) < 4.78 is 10.6. The number of nitrogens with one attached hydrogen (secondary N) is 1. The number of rotatable bonds is 8. The molecule has 26 heavy (non-hydrogen) atoms. The second-order valence-corrected chi connectivity index (χ2v) is 6.52. The number of ether oxygens (including phenoxy) is 2. The van der Waals surface area contributed by atoms with Crippen molar-refractivity contribution >= 4 is 17.6 Å². The number of esters is 1. The van der Waals surface area contributed by atoms with Gasteiger partial charge in [0.15, 0.2) is 0 Å². The SMILES string of the molecule is CC(C)OC(=O)CC(NC(=O)CC1CCCO1)c1ccccc1[N+](=O)[O-]. The fourth-order valence-electron chi connectivity index (χ4n) is 2.93. The molecule has 2 rings (SSSR count). The molecule has 1 aliphatic heterocycles. The van der Waals surface area contributed by atoms with Crippen molar-refractivity contribution < 1.29 is 24.0 Å². The van der Waals surface area contributed by atoms with Crippen molar-refractivity contribution in [3.63, 3.8) is 0 Å². The summed E-state index contributed by atoms with van der Waals surface area (Å²) in [5, 5.41) is 14.0. The summed E-state index contributed by atoms with van der Waals surface area (Å²) in [5.74, 6) is -0.835. The van der Waals surface area contributed by atoms with Crippen LogP contribution in [0.5, 0.6) is 0 Å². The molecule has 0 spiro atoms. The van der Waals surface area contributed by atoms with Crippen molar-refractivity contribution in [1.82, 2.24) is 5.32 Å². The Bertz CT molecular complexity index is 655. The zero-order valence-electron chi connectivity index (χ0n) is 15.0. The van der Waals surface area contributed by atoms with Crippen LogP contribution in [0.3, 0.4) is 0 Å². The number of nitro groups is 1. The van der Waals surface area contributed by atoms with Gasteiger partial charge < -0.3 is 14.8 Å². The van der Waals surface area contributed by atoms with E-state index in [0.29, 0.717) is 6.61 Å². The van der Waals surface area contributed by atoms with Gasteiger partial charge >= 0.3 is 5.97 Å². The average Bonchev–Trinajstić information content (AvgIpc) is 3.06. The summed E-state index contributed by atoms with van der Waals surface area (Å²) in [4.78, 5) is 35.2. The molecule has 1 heterocycles. The van der Waals surface area contributed by atoms with Gasteiger partial charge in [0.05, 0.1) is 41.6 Å². The minimum absolute atomic E-state index is 0.146. The van der Waals surface area contributed by atoms with Crippen LogP contribution in [0.15, 0.2) is 24.3 Å². The Balaban J connectivity index is 2.17. The number of para-hydroxylation sites is 1. The molecular weight excluding hydrogens is 340 g/mol. The van der Waals surface area contributed by atoms with Crippen molar-refractivity contribution in [2.24, 2.45) is 0 Å². The average molecular weight is 364 g/mol. The van der Waals surface area contributed by atoms with Crippen LogP contribution < -0.4 is 5.32 Å². The lowest BCUT2D eigenvalue weighted by molar-refractivity contribution is -0.385. The fraction of sp³-hybridized carbons (Fsp3) is 0.556. The molecule has 0 radical (unpaired) electrons. The van der Waals surface area contributed by atoms with Crippen LogP contribution in [0.2, 0.25) is 0 Å². The first-order valence-corrected chi connectivity index (χ1v) is 8.70. The Morgan fingerprint density at radius 3 is 2.73 bits per heavy atom. The van der Waals surface area contributed by atoms with E-state index < -0.39 is 16.9 Å². The topological polar surface area (TPSA) is 108 Å². The largest absolute Gasteiger partial charge is 0.463 e. The molecule has 0 bridgehead atoms. The van der Waals surface area contributed by atoms with Crippen LogP contribution in [0, 0.1) is 10.1 Å². The van der Waals surface area contributed by atoms with E-state index in [0.717, 1.165) is 12.8 Å². The van der Waals surface area contributed by atoms with Crippen LogP contribution in [-0.2, 0) is 19.1 Å². The summed E-state index contributed by atoms with van der Waals surface area (Å²) >= 11 is 0. The lowest BCUT2D eigenvalue weighted by atomic mass is 10.0. The van der Waals surface area contributed by atoms with Gasteiger partial charge in [-0.25, -0.2) is 0 Å². The minimum atomic E-state index is -0.836. The maximum absolute atomic E-state index is 12.4. The van der Waals surface area contributed by atoms with Gasteiger partial charge in [-0.05, 0) is 26.7 Å². The number of carbonyl (C=O) groups excluding carboxylic acids is 2. The number of hydrogen-bond acceptors (Lipinski definition) is 6. The molecule has 0 aliphatic carbocycles. The van der Waals surface area contributed by atoms with Crippen molar-refractivity contribution in [3.8, 4) is 0 Å². The van der Waals surface area contributed by atoms with Crippen LogP contribution >= 0.6 is 0 Å². The standard InChI is InChI=1S/C18H24N2O6/c1-12(2)26-18(22)11-15(14-7-3-4-8-16(14)20(23)24)19-17(21)10-13-6-5-9-25-13/h3-4,7-8,12-13,15H,5-6,9-11H2,1-2H3,(H,19,21). The Morgan fingerprint density at radius 1 is 1.38 bits per heavy atom. The van der Waals surface area contributed by atoms with Crippen molar-refractivity contribution in [1.29, 1.82) is 0 Å². The molecule has 1 saturated heterocycles. The number of carbonyl (C=O) groups is 2. The monoisotopic (exact) mass is 364 g/mol. The molecule has 1 amide bonds. The number of amides is 1. The predicted molar refractivity (Wildman–Crippen MR) is 93.4 cm³/mol. The highest BCUT2D eigenvalue weighted by molar-refractivity contribution is 5.79. The quantitative estimate of drug-likeness (QED) is 0.432. The number of benzene rings is 1. The van der Waals surface area contributed by atoms with E-state index in [-0.39, 0.29) is 42.2 Å². The summed E-state index contributed by atoms with van der Waals surface area (Å²) in [5.41, 5.74) is 0.131. The van der Waals surface area contributed by atoms with Crippen LogP contribution in [0.4, 0.5) is 5.69 Å². The second-order valence-electron chi connectivity index (χ2n) is 6.52. The molecule has 2 unspecified atom stereocenters. The van der Waals surface area contributed by atoms with Gasteiger partial charge in [0, 0.05) is 12.7 Å². The second kappa shape index (κ2) is 9.28. The highest BCUT2D eigenvalue weighted by Crippen LogP contribution is 2.28. The molecule has 0 saturated carbocycles. The third-order valence-corrected chi connectivity index (χ3v) is 4.02. The number of nitrogens with zero attached hydrogens (tertiary/aromatic N) is 1. The molecule has 8 nitrogen and oxygen atoms in total. The van der Waals surface area contributed by atoms with Gasteiger partial charge in [0.1, 0.15) is 0 Å². The zero-order valence-corrected chi connectivity index (χ0v) is 15.0. The van der Waals surface area contributed by atoms with Crippen LogP contribution in [0.25, 0.3) is 0 Å². The molecule has 0 aromatic heterocycles. The van der Waals surface area contributed by atoms with Crippen molar-refractivity contribution in [2.45, 2.75) is 57.8 Å². The van der Waals surface area contributed by atoms with E-state index in [2.05, 4.69) is 5.32 Å².